The van der Waals surface area contributed by atoms with E-state index >= 15 is 0 Å². The van der Waals surface area contributed by atoms with Crippen molar-refractivity contribution in [3.05, 3.63) is 65.5 Å². The van der Waals surface area contributed by atoms with Crippen LogP contribution < -0.4 is 10.1 Å². The number of amides is 1. The van der Waals surface area contributed by atoms with Crippen LogP contribution in [0.3, 0.4) is 0 Å². The molecule has 2 aromatic rings. The zero-order valence-electron chi connectivity index (χ0n) is 13.0. The van der Waals surface area contributed by atoms with Gasteiger partial charge in [0.05, 0.1) is 5.56 Å². The minimum absolute atomic E-state index is 0.184. The van der Waals surface area contributed by atoms with Gasteiger partial charge >= 0.3 is 0 Å². The lowest BCUT2D eigenvalue weighted by molar-refractivity contribution is 0.0944. The van der Waals surface area contributed by atoms with Crippen LogP contribution in [-0.4, -0.2) is 26.2 Å². The summed E-state index contributed by atoms with van der Waals surface area (Å²) in [7, 11) is 1.63. The first kappa shape index (κ1) is 17.0. The van der Waals surface area contributed by atoms with E-state index in [2.05, 4.69) is 5.32 Å². The molecule has 0 aliphatic heterocycles. The number of hydrogen-bond donors (Lipinski definition) is 1. The molecular formula is C18H20FNO3. The van der Waals surface area contributed by atoms with Crippen LogP contribution in [0.25, 0.3) is 0 Å². The molecule has 0 aromatic heterocycles. The lowest BCUT2D eigenvalue weighted by atomic mass is 10.2. The molecule has 0 heterocycles. The van der Waals surface area contributed by atoms with Crippen molar-refractivity contribution in [3.63, 3.8) is 0 Å². The molecule has 0 aliphatic carbocycles. The third-order valence-corrected chi connectivity index (χ3v) is 3.25. The average Bonchev–Trinajstić information content (AvgIpc) is 2.58. The van der Waals surface area contributed by atoms with E-state index in [-0.39, 0.29) is 18.3 Å². The molecule has 1 amide bonds. The summed E-state index contributed by atoms with van der Waals surface area (Å²) in [6, 6.07) is 13.1. The van der Waals surface area contributed by atoms with Crippen molar-refractivity contribution in [2.24, 2.45) is 0 Å². The van der Waals surface area contributed by atoms with Crippen molar-refractivity contribution in [2.45, 2.75) is 13.0 Å². The second-order valence-electron chi connectivity index (χ2n) is 5.01. The van der Waals surface area contributed by atoms with Gasteiger partial charge in [-0.15, -0.1) is 0 Å². The van der Waals surface area contributed by atoms with E-state index in [1.54, 1.807) is 37.4 Å². The monoisotopic (exact) mass is 317 g/mol. The molecule has 2 rings (SSSR count). The Bertz CT molecular complexity index is 628. The summed E-state index contributed by atoms with van der Waals surface area (Å²) in [5, 5.41) is 2.83. The molecule has 0 bridgehead atoms. The van der Waals surface area contributed by atoms with Crippen molar-refractivity contribution in [1.29, 1.82) is 0 Å². The molecule has 1 N–H and O–H groups in total. The van der Waals surface area contributed by atoms with E-state index in [1.807, 2.05) is 6.07 Å². The van der Waals surface area contributed by atoms with Gasteiger partial charge in [0.2, 0.25) is 0 Å². The fraction of sp³-hybridized carbons (Fsp3) is 0.278. The second kappa shape index (κ2) is 8.90. The summed E-state index contributed by atoms with van der Waals surface area (Å²) in [6.07, 6.45) is 0.751. The summed E-state index contributed by atoms with van der Waals surface area (Å²) in [4.78, 5) is 12.2. The highest BCUT2D eigenvalue weighted by Gasteiger charge is 2.11. The third-order valence-electron chi connectivity index (χ3n) is 3.25. The Morgan fingerprint density at radius 1 is 1.13 bits per heavy atom. The first-order valence-electron chi connectivity index (χ1n) is 7.44. The van der Waals surface area contributed by atoms with Crippen LogP contribution in [0.2, 0.25) is 0 Å². The zero-order chi connectivity index (χ0) is 16.5. The molecule has 2 aromatic carbocycles. The van der Waals surface area contributed by atoms with Gasteiger partial charge in [-0.1, -0.05) is 24.3 Å². The average molecular weight is 317 g/mol. The predicted octanol–water partition coefficient (Wildman–Crippen LogP) is 3.17. The van der Waals surface area contributed by atoms with Crippen molar-refractivity contribution >= 4 is 5.91 Å². The number of halogens is 1. The molecular weight excluding hydrogens is 297 g/mol. The maximum atomic E-state index is 12.9. The molecule has 0 saturated carbocycles. The third kappa shape index (κ3) is 5.38. The number of hydrogen-bond acceptors (Lipinski definition) is 3. The zero-order valence-corrected chi connectivity index (χ0v) is 13.0. The van der Waals surface area contributed by atoms with E-state index < -0.39 is 0 Å². The highest BCUT2D eigenvalue weighted by atomic mass is 19.1. The molecule has 0 unspecified atom stereocenters. The fourth-order valence-corrected chi connectivity index (χ4v) is 2.04. The van der Waals surface area contributed by atoms with Gasteiger partial charge in [-0.3, -0.25) is 4.79 Å². The number of rotatable bonds is 8. The molecule has 0 spiro atoms. The van der Waals surface area contributed by atoms with Crippen LogP contribution in [0.4, 0.5) is 4.39 Å². The van der Waals surface area contributed by atoms with E-state index in [1.165, 1.54) is 12.1 Å². The highest BCUT2D eigenvalue weighted by molar-refractivity contribution is 5.96. The molecule has 0 aliphatic rings. The van der Waals surface area contributed by atoms with Crippen molar-refractivity contribution < 1.29 is 18.7 Å². The maximum absolute atomic E-state index is 12.9. The van der Waals surface area contributed by atoms with Crippen LogP contribution in [0.5, 0.6) is 5.75 Å². The van der Waals surface area contributed by atoms with Crippen molar-refractivity contribution in [1.82, 2.24) is 5.32 Å². The molecule has 122 valence electrons. The summed E-state index contributed by atoms with van der Waals surface area (Å²) in [5.74, 6) is 0.0291. The van der Waals surface area contributed by atoms with Gasteiger partial charge in [0, 0.05) is 20.3 Å². The Morgan fingerprint density at radius 3 is 2.61 bits per heavy atom. The smallest absolute Gasteiger partial charge is 0.255 e. The van der Waals surface area contributed by atoms with Crippen LogP contribution >= 0.6 is 0 Å². The quantitative estimate of drug-likeness (QED) is 0.761. The summed E-state index contributed by atoms with van der Waals surface area (Å²) >= 11 is 0. The molecule has 0 radical (unpaired) electrons. The minimum atomic E-state index is -0.287. The van der Waals surface area contributed by atoms with Gasteiger partial charge in [-0.25, -0.2) is 4.39 Å². The second-order valence-corrected chi connectivity index (χ2v) is 5.01. The van der Waals surface area contributed by atoms with Crippen LogP contribution in [0.1, 0.15) is 22.3 Å². The Labute approximate surface area is 135 Å². The SMILES string of the molecule is COCCCNC(=O)c1ccccc1OCc1ccc(F)cc1. The van der Waals surface area contributed by atoms with Gasteiger partial charge in [0.1, 0.15) is 18.2 Å². The summed E-state index contributed by atoms with van der Waals surface area (Å²) < 4.78 is 23.5. The first-order valence-corrected chi connectivity index (χ1v) is 7.44. The Kier molecular flexibility index (Phi) is 6.56. The maximum Gasteiger partial charge on any atom is 0.255 e. The molecule has 0 fully saturated rings. The lowest BCUT2D eigenvalue weighted by Gasteiger charge is -2.12. The van der Waals surface area contributed by atoms with Crippen LogP contribution in [0, 0.1) is 5.82 Å². The van der Waals surface area contributed by atoms with Crippen molar-refractivity contribution in [3.8, 4) is 5.75 Å². The van der Waals surface area contributed by atoms with E-state index in [9.17, 15) is 9.18 Å². The van der Waals surface area contributed by atoms with Gasteiger partial charge < -0.3 is 14.8 Å². The number of para-hydroxylation sites is 1. The number of ether oxygens (including phenoxy) is 2. The first-order chi connectivity index (χ1) is 11.2. The molecule has 0 atom stereocenters. The lowest BCUT2D eigenvalue weighted by Crippen LogP contribution is -2.25. The summed E-state index contributed by atoms with van der Waals surface area (Å²) in [6.45, 7) is 1.41. The van der Waals surface area contributed by atoms with E-state index in [4.69, 9.17) is 9.47 Å². The van der Waals surface area contributed by atoms with Crippen LogP contribution in [0.15, 0.2) is 48.5 Å². The molecule has 5 heteroatoms. The predicted molar refractivity (Wildman–Crippen MR) is 86.0 cm³/mol. The Morgan fingerprint density at radius 2 is 1.87 bits per heavy atom. The van der Waals surface area contributed by atoms with Gasteiger partial charge in [0.25, 0.3) is 5.91 Å². The number of carbonyl (C=O) groups excluding carboxylic acids is 1. The topological polar surface area (TPSA) is 47.6 Å². The van der Waals surface area contributed by atoms with E-state index in [0.29, 0.717) is 24.5 Å². The number of nitrogens with one attached hydrogen (secondary N) is 1. The standard InChI is InChI=1S/C18H20FNO3/c1-22-12-4-11-20-18(21)16-5-2-3-6-17(16)23-13-14-7-9-15(19)10-8-14/h2-3,5-10H,4,11-13H2,1H3,(H,20,21). The molecule has 23 heavy (non-hydrogen) atoms. The Balaban J connectivity index is 1.96. The molecule has 4 nitrogen and oxygen atoms in total. The Hall–Kier alpha value is -2.40. The minimum Gasteiger partial charge on any atom is -0.488 e. The largest absolute Gasteiger partial charge is 0.488 e. The molecule has 0 saturated heterocycles. The van der Waals surface area contributed by atoms with Gasteiger partial charge in [-0.05, 0) is 36.2 Å². The van der Waals surface area contributed by atoms with Gasteiger partial charge in [0.15, 0.2) is 0 Å². The summed E-state index contributed by atoms with van der Waals surface area (Å²) in [5.41, 5.74) is 1.31. The van der Waals surface area contributed by atoms with Crippen molar-refractivity contribution in [2.75, 3.05) is 20.3 Å². The fourth-order valence-electron chi connectivity index (χ4n) is 2.04. The normalized spacial score (nSPS) is 10.3. The van der Waals surface area contributed by atoms with Gasteiger partial charge in [-0.2, -0.15) is 0 Å². The van der Waals surface area contributed by atoms with Crippen LogP contribution in [-0.2, 0) is 11.3 Å². The number of methoxy groups -OCH3 is 1. The highest BCUT2D eigenvalue weighted by Crippen LogP contribution is 2.19. The number of carbonyl (C=O) groups is 1. The number of benzene rings is 2. The van der Waals surface area contributed by atoms with E-state index in [0.717, 1.165) is 12.0 Å².